The highest BCUT2D eigenvalue weighted by Gasteiger charge is 2.29. The fraction of sp³-hybridized carbons (Fsp3) is 0.192. The highest BCUT2D eigenvalue weighted by molar-refractivity contribution is 5.80. The Labute approximate surface area is 181 Å². The van der Waals surface area contributed by atoms with Gasteiger partial charge in [-0.25, -0.2) is 14.8 Å². The van der Waals surface area contributed by atoms with Crippen LogP contribution >= 0.6 is 0 Å². The zero-order valence-corrected chi connectivity index (χ0v) is 17.7. The van der Waals surface area contributed by atoms with Gasteiger partial charge >= 0.3 is 6.09 Å². The van der Waals surface area contributed by atoms with Gasteiger partial charge in [-0.1, -0.05) is 66.7 Å². The molecule has 0 fully saturated rings. The molecule has 1 aliphatic rings. The summed E-state index contributed by atoms with van der Waals surface area (Å²) in [5.41, 5.74) is 7.01. The van der Waals surface area contributed by atoms with Crippen LogP contribution in [0, 0.1) is 0 Å². The lowest BCUT2D eigenvalue weighted by Crippen LogP contribution is -2.41. The highest BCUT2D eigenvalue weighted by atomic mass is 16.6. The molecule has 0 atom stereocenters. The fourth-order valence-corrected chi connectivity index (χ4v) is 4.40. The Bertz CT molecular complexity index is 1170. The number of ether oxygens (including phenoxy) is 1. The van der Waals surface area contributed by atoms with Crippen LogP contribution < -0.4 is 0 Å². The molecule has 31 heavy (non-hydrogen) atoms. The van der Waals surface area contributed by atoms with Crippen molar-refractivity contribution in [3.63, 3.8) is 0 Å². The molecular weight excluding hydrogens is 386 g/mol. The number of carbonyl (C=O) groups is 1. The molecule has 156 valence electrons. The Balaban J connectivity index is 1.26. The van der Waals surface area contributed by atoms with Crippen LogP contribution in [0.5, 0.6) is 0 Å². The van der Waals surface area contributed by atoms with Crippen LogP contribution in [0.25, 0.3) is 22.0 Å². The molecule has 1 amide bonds. The smallest absolute Gasteiger partial charge is 0.424 e. The highest BCUT2D eigenvalue weighted by Crippen LogP contribution is 2.44. The van der Waals surface area contributed by atoms with Gasteiger partial charge in [0.05, 0.1) is 6.54 Å². The molecule has 0 saturated carbocycles. The number of hydrogen-bond donors (Lipinski definition) is 1. The second-order valence-corrected chi connectivity index (χ2v) is 8.03. The van der Waals surface area contributed by atoms with Gasteiger partial charge in [0.15, 0.2) is 0 Å². The Morgan fingerprint density at radius 1 is 0.903 bits per heavy atom. The van der Waals surface area contributed by atoms with Crippen LogP contribution in [0.15, 0.2) is 78.9 Å². The quantitative estimate of drug-likeness (QED) is 0.448. The number of carbonyl (C=O) groups excluding carboxylic acids is 1. The van der Waals surface area contributed by atoms with E-state index in [0.29, 0.717) is 13.2 Å². The largest absolute Gasteiger partial charge is 0.447 e. The van der Waals surface area contributed by atoms with E-state index in [4.69, 9.17) is 4.74 Å². The molecular formula is C26H25N3O2. The number of para-hydroxylation sites is 1. The molecule has 0 unspecified atom stereocenters. The monoisotopic (exact) mass is 411 g/mol. The number of hydrogen-bond acceptors (Lipinski definition) is 3. The summed E-state index contributed by atoms with van der Waals surface area (Å²) in [6.45, 7) is 0.896. The average molecular weight is 412 g/mol. The molecule has 0 radical (unpaired) electrons. The fourth-order valence-electron chi connectivity index (χ4n) is 4.40. The van der Waals surface area contributed by atoms with E-state index < -0.39 is 0 Å². The summed E-state index contributed by atoms with van der Waals surface area (Å²) in [4.78, 5) is 16.2. The van der Waals surface area contributed by atoms with Gasteiger partial charge in [0.1, 0.15) is 6.61 Å². The normalized spacial score (nSPS) is 12.7. The number of H-pyrrole nitrogens is 1. The summed E-state index contributed by atoms with van der Waals surface area (Å²) in [5.74, 6) is 0.0590. The maximum atomic E-state index is 12.8. The third-order valence-corrected chi connectivity index (χ3v) is 6.10. The summed E-state index contributed by atoms with van der Waals surface area (Å²) in [6, 6.07) is 27.0. The van der Waals surface area contributed by atoms with Crippen molar-refractivity contribution in [3.8, 4) is 11.1 Å². The van der Waals surface area contributed by atoms with E-state index in [1.54, 1.807) is 7.05 Å². The molecule has 5 rings (SSSR count). The standard InChI is InChI=1S/C26H25N3O2/c1-28(16-19-15-18-9-3-8-14-25(18)27-19)29(2)26(30)31-17-24-22-12-6-4-10-20(22)21-11-5-7-13-23(21)24/h3-15,24,27H,16-17H2,1-2H3. The average Bonchev–Trinajstić information content (AvgIpc) is 3.35. The Hall–Kier alpha value is -3.57. The van der Waals surface area contributed by atoms with Gasteiger partial charge in [-0.15, -0.1) is 0 Å². The van der Waals surface area contributed by atoms with Gasteiger partial charge in [-0.3, -0.25) is 0 Å². The van der Waals surface area contributed by atoms with Gasteiger partial charge in [-0.2, -0.15) is 0 Å². The number of aromatic amines is 1. The minimum Gasteiger partial charge on any atom is -0.447 e. The van der Waals surface area contributed by atoms with Crippen molar-refractivity contribution in [3.05, 3.63) is 95.7 Å². The molecule has 0 aliphatic heterocycles. The van der Waals surface area contributed by atoms with Crippen LogP contribution in [0.2, 0.25) is 0 Å². The number of fused-ring (bicyclic) bond motifs is 4. The SMILES string of the molecule is CN(Cc1cc2ccccc2[nH]1)N(C)C(=O)OCC1c2ccccc2-c2ccccc21. The summed E-state index contributed by atoms with van der Waals surface area (Å²) in [5, 5.41) is 4.54. The molecule has 1 aromatic heterocycles. The van der Waals surface area contributed by atoms with Crippen molar-refractivity contribution in [2.24, 2.45) is 0 Å². The van der Waals surface area contributed by atoms with Gasteiger partial charge in [0, 0.05) is 31.2 Å². The van der Waals surface area contributed by atoms with E-state index in [0.717, 1.165) is 16.6 Å². The zero-order chi connectivity index (χ0) is 21.4. The van der Waals surface area contributed by atoms with E-state index >= 15 is 0 Å². The predicted octanol–water partition coefficient (Wildman–Crippen LogP) is 5.40. The van der Waals surface area contributed by atoms with Crippen LogP contribution in [-0.2, 0) is 11.3 Å². The third-order valence-electron chi connectivity index (χ3n) is 6.10. The molecule has 1 heterocycles. The molecule has 0 bridgehead atoms. The van der Waals surface area contributed by atoms with E-state index in [-0.39, 0.29) is 12.0 Å². The number of aromatic nitrogens is 1. The first-order valence-corrected chi connectivity index (χ1v) is 10.5. The number of rotatable bonds is 5. The van der Waals surface area contributed by atoms with E-state index in [2.05, 4.69) is 53.5 Å². The number of nitrogens with zero attached hydrogens (tertiary/aromatic N) is 2. The van der Waals surface area contributed by atoms with E-state index in [9.17, 15) is 4.79 Å². The zero-order valence-electron chi connectivity index (χ0n) is 17.7. The van der Waals surface area contributed by atoms with Crippen molar-refractivity contribution in [1.82, 2.24) is 15.0 Å². The van der Waals surface area contributed by atoms with Crippen LogP contribution in [-0.4, -0.2) is 41.8 Å². The molecule has 0 saturated heterocycles. The predicted molar refractivity (Wildman–Crippen MR) is 123 cm³/mol. The molecule has 1 N–H and O–H groups in total. The van der Waals surface area contributed by atoms with Gasteiger partial charge < -0.3 is 9.72 Å². The Morgan fingerprint density at radius 2 is 1.52 bits per heavy atom. The van der Waals surface area contributed by atoms with Crippen molar-refractivity contribution in [2.75, 3.05) is 20.7 Å². The number of hydrazine groups is 1. The van der Waals surface area contributed by atoms with Crippen LogP contribution in [0.1, 0.15) is 22.7 Å². The second kappa shape index (κ2) is 7.93. The van der Waals surface area contributed by atoms with E-state index in [1.807, 2.05) is 42.4 Å². The van der Waals surface area contributed by atoms with Gasteiger partial charge in [0.2, 0.25) is 0 Å². The lowest BCUT2D eigenvalue weighted by atomic mass is 9.98. The number of nitrogens with one attached hydrogen (secondary N) is 1. The van der Waals surface area contributed by atoms with E-state index in [1.165, 1.54) is 27.3 Å². The minimum absolute atomic E-state index is 0.0590. The number of amides is 1. The summed E-state index contributed by atoms with van der Waals surface area (Å²) >= 11 is 0. The first kappa shape index (κ1) is 19.4. The van der Waals surface area contributed by atoms with Gasteiger partial charge in [-0.05, 0) is 39.8 Å². The molecule has 1 aliphatic carbocycles. The summed E-state index contributed by atoms with van der Waals surface area (Å²) < 4.78 is 5.75. The first-order valence-electron chi connectivity index (χ1n) is 10.5. The maximum Gasteiger partial charge on any atom is 0.424 e. The van der Waals surface area contributed by atoms with Crippen molar-refractivity contribution in [1.29, 1.82) is 0 Å². The van der Waals surface area contributed by atoms with Crippen molar-refractivity contribution < 1.29 is 9.53 Å². The summed E-state index contributed by atoms with van der Waals surface area (Å²) in [7, 11) is 3.62. The van der Waals surface area contributed by atoms with Crippen LogP contribution in [0.3, 0.4) is 0 Å². The Kier molecular flexibility index (Phi) is 4.96. The molecule has 0 spiro atoms. The molecule has 5 nitrogen and oxygen atoms in total. The maximum absolute atomic E-state index is 12.8. The minimum atomic E-state index is -0.361. The molecule has 5 heteroatoms. The van der Waals surface area contributed by atoms with Crippen molar-refractivity contribution >= 4 is 17.0 Å². The molecule has 4 aromatic rings. The third kappa shape index (κ3) is 3.57. The van der Waals surface area contributed by atoms with Gasteiger partial charge in [0.25, 0.3) is 0 Å². The number of benzene rings is 3. The second-order valence-electron chi connectivity index (χ2n) is 8.03. The topological polar surface area (TPSA) is 48.6 Å². The van der Waals surface area contributed by atoms with Crippen LogP contribution in [0.4, 0.5) is 4.79 Å². The lowest BCUT2D eigenvalue weighted by Gasteiger charge is -2.27. The molecule has 3 aromatic carbocycles. The van der Waals surface area contributed by atoms with Crippen molar-refractivity contribution in [2.45, 2.75) is 12.5 Å². The lowest BCUT2D eigenvalue weighted by molar-refractivity contribution is 0.00676. The summed E-state index contributed by atoms with van der Waals surface area (Å²) in [6.07, 6.45) is -0.361. The first-order chi connectivity index (χ1) is 15.1. The Morgan fingerprint density at radius 3 is 2.19 bits per heavy atom.